The van der Waals surface area contributed by atoms with Crippen LogP contribution in [-0.4, -0.2) is 46.5 Å². The van der Waals surface area contributed by atoms with Crippen LogP contribution in [0.4, 0.5) is 13.2 Å². The van der Waals surface area contributed by atoms with Crippen LogP contribution < -0.4 is 14.8 Å². The fourth-order valence-electron chi connectivity index (χ4n) is 2.57. The Labute approximate surface area is 177 Å². The molecule has 0 aromatic carbocycles. The van der Waals surface area contributed by atoms with Crippen LogP contribution in [-0.2, 0) is 11.2 Å². The van der Waals surface area contributed by atoms with Gasteiger partial charge in [-0.1, -0.05) is 6.92 Å². The summed E-state index contributed by atoms with van der Waals surface area (Å²) in [5.41, 5.74) is 1.13. The Hall–Kier alpha value is -3.24. The first-order valence-corrected chi connectivity index (χ1v) is 9.43. The molecule has 2 aromatic heterocycles. The van der Waals surface area contributed by atoms with Gasteiger partial charge in [-0.15, -0.1) is 0 Å². The molecule has 1 N–H and O–H groups in total. The van der Waals surface area contributed by atoms with Crippen LogP contribution in [0.2, 0.25) is 0 Å². The largest absolute Gasteiger partial charge is 0.491 e. The number of carbonyl (C=O) groups excluding carboxylic acids is 2. The number of nitrogens with zero attached hydrogens (tertiary/aromatic N) is 3. The van der Waals surface area contributed by atoms with Crippen molar-refractivity contribution < 1.29 is 32.2 Å². The molecule has 0 fully saturated rings. The number of pyridine rings is 1. The van der Waals surface area contributed by atoms with Gasteiger partial charge in [0.1, 0.15) is 17.3 Å². The average Bonchev–Trinajstić information content (AvgIpc) is 2.70. The molecule has 1 atom stereocenters. The van der Waals surface area contributed by atoms with Gasteiger partial charge in [-0.25, -0.2) is 15.0 Å². The van der Waals surface area contributed by atoms with Crippen LogP contribution in [0, 0.1) is 6.92 Å². The molecule has 0 aliphatic carbocycles. The Morgan fingerprint density at radius 1 is 1.23 bits per heavy atom. The summed E-state index contributed by atoms with van der Waals surface area (Å²) in [5, 5.41) is 2.73. The minimum atomic E-state index is -4.51. The van der Waals surface area contributed by atoms with Crippen molar-refractivity contribution in [2.45, 2.75) is 45.8 Å². The Balaban J connectivity index is 2.14. The smallest absolute Gasteiger partial charge is 0.422 e. The zero-order valence-corrected chi connectivity index (χ0v) is 17.5. The van der Waals surface area contributed by atoms with Crippen LogP contribution in [0.15, 0.2) is 18.3 Å². The molecule has 0 bridgehead atoms. The highest BCUT2D eigenvalue weighted by Crippen LogP contribution is 2.29. The number of ether oxygens (including phenoxy) is 2. The molecule has 0 aliphatic rings. The van der Waals surface area contributed by atoms with Crippen molar-refractivity contribution in [1.29, 1.82) is 0 Å². The van der Waals surface area contributed by atoms with E-state index < -0.39 is 24.7 Å². The summed E-state index contributed by atoms with van der Waals surface area (Å²) < 4.78 is 46.8. The molecule has 8 nitrogen and oxygen atoms in total. The molecule has 1 unspecified atom stereocenters. The van der Waals surface area contributed by atoms with E-state index in [-0.39, 0.29) is 35.4 Å². The number of amides is 1. The van der Waals surface area contributed by atoms with E-state index in [2.05, 4.69) is 25.0 Å². The van der Waals surface area contributed by atoms with Crippen molar-refractivity contribution in [2.75, 3.05) is 13.7 Å². The number of methoxy groups -OCH3 is 1. The third kappa shape index (κ3) is 7.19. The van der Waals surface area contributed by atoms with Gasteiger partial charge >= 0.3 is 6.18 Å². The number of carbonyl (C=O) groups is 2. The minimum Gasteiger partial charge on any atom is -0.491 e. The van der Waals surface area contributed by atoms with E-state index in [0.717, 1.165) is 0 Å². The number of hydrogen-bond donors (Lipinski definition) is 1. The lowest BCUT2D eigenvalue weighted by molar-refractivity contribution is -0.154. The predicted octanol–water partition coefficient (Wildman–Crippen LogP) is 3.14. The number of nitrogens with one attached hydrogen (secondary N) is 1. The molecule has 2 rings (SSSR count). The standard InChI is InChI=1S/C20H23F3N4O4/c1-5-14(28)8-17-25-11(2)6-15(27-17)18(29)26-12(3)13-7-16(30-4)19(24-9-13)31-10-20(21,22)23/h6-7,9,12H,5,8,10H2,1-4H3,(H,26,29). The second-order valence-corrected chi connectivity index (χ2v) is 6.75. The summed E-state index contributed by atoms with van der Waals surface area (Å²) >= 11 is 0. The summed E-state index contributed by atoms with van der Waals surface area (Å²) in [6.07, 6.45) is -2.85. The maximum Gasteiger partial charge on any atom is 0.422 e. The van der Waals surface area contributed by atoms with Gasteiger partial charge in [-0.3, -0.25) is 9.59 Å². The fraction of sp³-hybridized carbons (Fsp3) is 0.450. The first kappa shape index (κ1) is 24.0. The maximum atomic E-state index is 12.6. The van der Waals surface area contributed by atoms with Gasteiger partial charge in [-0.05, 0) is 31.5 Å². The SMILES string of the molecule is CCC(=O)Cc1nc(C)cc(C(=O)NC(C)c2cnc(OCC(F)(F)F)c(OC)c2)n1. The second kappa shape index (κ2) is 10.2. The lowest BCUT2D eigenvalue weighted by Crippen LogP contribution is -2.28. The molecule has 31 heavy (non-hydrogen) atoms. The molecule has 168 valence electrons. The van der Waals surface area contributed by atoms with Gasteiger partial charge < -0.3 is 14.8 Å². The first-order valence-electron chi connectivity index (χ1n) is 9.43. The van der Waals surface area contributed by atoms with Gasteiger partial charge in [0.05, 0.1) is 19.6 Å². The van der Waals surface area contributed by atoms with Gasteiger partial charge in [0.25, 0.3) is 11.8 Å². The number of hydrogen-bond acceptors (Lipinski definition) is 7. The van der Waals surface area contributed by atoms with E-state index in [4.69, 9.17) is 4.74 Å². The van der Waals surface area contributed by atoms with Crippen molar-refractivity contribution in [3.8, 4) is 11.6 Å². The average molecular weight is 440 g/mol. The fourth-order valence-corrected chi connectivity index (χ4v) is 2.57. The first-order chi connectivity index (χ1) is 14.5. The molecule has 0 spiro atoms. The van der Waals surface area contributed by atoms with E-state index in [9.17, 15) is 22.8 Å². The molecule has 2 heterocycles. The quantitative estimate of drug-likeness (QED) is 0.639. The summed E-state index contributed by atoms with van der Waals surface area (Å²) in [6.45, 7) is 3.59. The van der Waals surface area contributed by atoms with E-state index in [1.165, 1.54) is 25.4 Å². The van der Waals surface area contributed by atoms with Crippen LogP contribution in [0.3, 0.4) is 0 Å². The van der Waals surface area contributed by atoms with Gasteiger partial charge in [0, 0.05) is 18.3 Å². The number of aromatic nitrogens is 3. The zero-order chi connectivity index (χ0) is 23.2. The number of rotatable bonds is 9. The van der Waals surface area contributed by atoms with Crippen LogP contribution >= 0.6 is 0 Å². The van der Waals surface area contributed by atoms with Crippen molar-refractivity contribution in [1.82, 2.24) is 20.3 Å². The topological polar surface area (TPSA) is 103 Å². The second-order valence-electron chi connectivity index (χ2n) is 6.75. The summed E-state index contributed by atoms with van der Waals surface area (Å²) in [6, 6.07) is 2.36. The summed E-state index contributed by atoms with van der Waals surface area (Å²) in [4.78, 5) is 36.5. The Morgan fingerprint density at radius 3 is 2.55 bits per heavy atom. The zero-order valence-electron chi connectivity index (χ0n) is 17.5. The summed E-state index contributed by atoms with van der Waals surface area (Å²) in [5.74, 6) is -0.588. The Morgan fingerprint density at radius 2 is 1.94 bits per heavy atom. The number of ketones is 1. The van der Waals surface area contributed by atoms with Crippen LogP contribution in [0.1, 0.15) is 53.9 Å². The monoisotopic (exact) mass is 440 g/mol. The van der Waals surface area contributed by atoms with Crippen LogP contribution in [0.5, 0.6) is 11.6 Å². The van der Waals surface area contributed by atoms with E-state index in [1.54, 1.807) is 20.8 Å². The van der Waals surface area contributed by atoms with E-state index in [1.807, 2.05) is 0 Å². The van der Waals surface area contributed by atoms with E-state index in [0.29, 0.717) is 17.7 Å². The molecule has 0 radical (unpaired) electrons. The lowest BCUT2D eigenvalue weighted by Gasteiger charge is -2.17. The van der Waals surface area contributed by atoms with Gasteiger partial charge in [0.15, 0.2) is 12.4 Å². The molecule has 2 aromatic rings. The lowest BCUT2D eigenvalue weighted by atomic mass is 10.1. The third-order valence-electron chi connectivity index (χ3n) is 4.16. The predicted molar refractivity (Wildman–Crippen MR) is 104 cm³/mol. The molecule has 0 saturated carbocycles. The molecule has 1 amide bonds. The highest BCUT2D eigenvalue weighted by atomic mass is 19.4. The maximum absolute atomic E-state index is 12.6. The number of aryl methyl sites for hydroxylation is 1. The van der Waals surface area contributed by atoms with Crippen molar-refractivity contribution in [3.63, 3.8) is 0 Å². The van der Waals surface area contributed by atoms with Crippen LogP contribution in [0.25, 0.3) is 0 Å². The minimum absolute atomic E-state index is 0.00101. The van der Waals surface area contributed by atoms with E-state index >= 15 is 0 Å². The molecular weight excluding hydrogens is 417 g/mol. The Kier molecular flexibility index (Phi) is 7.89. The number of halogens is 3. The summed E-state index contributed by atoms with van der Waals surface area (Å²) in [7, 11) is 1.27. The highest BCUT2D eigenvalue weighted by Gasteiger charge is 2.29. The Bertz CT molecular complexity index is 951. The third-order valence-corrected chi connectivity index (χ3v) is 4.16. The van der Waals surface area contributed by atoms with Gasteiger partial charge in [-0.2, -0.15) is 13.2 Å². The molecule has 0 saturated heterocycles. The molecule has 11 heteroatoms. The molecular formula is C20H23F3N4O4. The number of alkyl halides is 3. The molecule has 0 aliphatic heterocycles. The highest BCUT2D eigenvalue weighted by molar-refractivity contribution is 5.92. The van der Waals surface area contributed by atoms with Crippen molar-refractivity contribution in [2.24, 2.45) is 0 Å². The normalized spacial score (nSPS) is 12.2. The van der Waals surface area contributed by atoms with Crippen molar-refractivity contribution in [3.05, 3.63) is 41.1 Å². The number of Topliss-reactive ketones (excluding diaryl/α,β-unsaturated/α-hetero) is 1. The van der Waals surface area contributed by atoms with Crippen molar-refractivity contribution >= 4 is 11.7 Å². The van der Waals surface area contributed by atoms with Gasteiger partial charge in [0.2, 0.25) is 0 Å².